The van der Waals surface area contributed by atoms with Gasteiger partial charge in [0, 0.05) is 13.1 Å². The van der Waals surface area contributed by atoms with Crippen LogP contribution in [0.25, 0.3) is 0 Å². The molecule has 0 unspecified atom stereocenters. The van der Waals surface area contributed by atoms with Gasteiger partial charge in [0.1, 0.15) is 5.82 Å². The lowest BCUT2D eigenvalue weighted by atomic mass is 10.0. The Morgan fingerprint density at radius 2 is 2.14 bits per heavy atom. The van der Waals surface area contributed by atoms with E-state index in [9.17, 15) is 4.39 Å². The Hall–Kier alpha value is -1.86. The van der Waals surface area contributed by atoms with E-state index in [1.54, 1.807) is 12.1 Å². The second-order valence-corrected chi connectivity index (χ2v) is 4.90. The molecular weight excluding hydrogens is 277 g/mol. The SMILES string of the molecule is N/C(=N/O)c1c(F)cccc1N1CCC(OCCO)CC1. The van der Waals surface area contributed by atoms with Gasteiger partial charge in [-0.05, 0) is 25.0 Å². The van der Waals surface area contributed by atoms with Crippen molar-refractivity contribution < 1.29 is 19.4 Å². The van der Waals surface area contributed by atoms with Crippen LogP contribution < -0.4 is 10.6 Å². The summed E-state index contributed by atoms with van der Waals surface area (Å²) in [5, 5.41) is 20.5. The van der Waals surface area contributed by atoms with Crippen molar-refractivity contribution in [3.05, 3.63) is 29.6 Å². The molecule has 21 heavy (non-hydrogen) atoms. The fraction of sp³-hybridized carbons (Fsp3) is 0.500. The van der Waals surface area contributed by atoms with Crippen LogP contribution in [-0.2, 0) is 4.74 Å². The van der Waals surface area contributed by atoms with Crippen LogP contribution in [0.4, 0.5) is 10.1 Å². The van der Waals surface area contributed by atoms with Crippen LogP contribution in [-0.4, -0.2) is 48.6 Å². The average Bonchev–Trinajstić information content (AvgIpc) is 2.52. The zero-order valence-corrected chi connectivity index (χ0v) is 11.7. The molecule has 0 aromatic heterocycles. The topological polar surface area (TPSA) is 91.3 Å². The van der Waals surface area contributed by atoms with Gasteiger partial charge in [-0.3, -0.25) is 0 Å². The van der Waals surface area contributed by atoms with Gasteiger partial charge < -0.3 is 25.7 Å². The van der Waals surface area contributed by atoms with Crippen LogP contribution >= 0.6 is 0 Å². The number of benzene rings is 1. The van der Waals surface area contributed by atoms with Crippen molar-refractivity contribution in [1.29, 1.82) is 0 Å². The highest BCUT2D eigenvalue weighted by atomic mass is 19.1. The zero-order valence-electron chi connectivity index (χ0n) is 11.7. The third-order valence-electron chi connectivity index (χ3n) is 3.58. The second kappa shape index (κ2) is 7.24. The van der Waals surface area contributed by atoms with Crippen molar-refractivity contribution >= 4 is 11.5 Å². The summed E-state index contributed by atoms with van der Waals surface area (Å²) in [6.07, 6.45) is 1.67. The van der Waals surface area contributed by atoms with Crippen molar-refractivity contribution in [3.8, 4) is 0 Å². The third-order valence-corrected chi connectivity index (χ3v) is 3.58. The Morgan fingerprint density at radius 3 is 2.76 bits per heavy atom. The molecule has 1 aromatic rings. The Kier molecular flexibility index (Phi) is 5.35. The maximum absolute atomic E-state index is 13.9. The van der Waals surface area contributed by atoms with E-state index in [4.69, 9.17) is 20.8 Å². The molecule has 0 radical (unpaired) electrons. The molecule has 1 aliphatic heterocycles. The molecule has 4 N–H and O–H groups in total. The molecule has 1 aromatic carbocycles. The first-order valence-corrected chi connectivity index (χ1v) is 6.91. The van der Waals surface area contributed by atoms with Gasteiger partial charge in [0.25, 0.3) is 0 Å². The lowest BCUT2D eigenvalue weighted by Crippen LogP contribution is -2.38. The molecule has 1 saturated heterocycles. The minimum atomic E-state index is -0.513. The summed E-state index contributed by atoms with van der Waals surface area (Å²) in [6, 6.07) is 4.65. The van der Waals surface area contributed by atoms with Gasteiger partial charge in [-0.2, -0.15) is 0 Å². The van der Waals surface area contributed by atoms with Gasteiger partial charge in [-0.15, -0.1) is 0 Å². The summed E-state index contributed by atoms with van der Waals surface area (Å²) in [6.45, 7) is 1.72. The molecule has 1 heterocycles. The maximum Gasteiger partial charge on any atom is 0.175 e. The molecule has 0 amide bonds. The number of rotatable bonds is 5. The number of amidine groups is 1. The number of hydrogen-bond donors (Lipinski definition) is 3. The standard InChI is InChI=1S/C14H20FN3O3/c15-11-2-1-3-12(13(11)14(16)17-20)18-6-4-10(5-7-18)21-9-8-19/h1-3,10,19-20H,4-9H2,(H2,16,17). The van der Waals surface area contributed by atoms with Crippen LogP contribution in [0.1, 0.15) is 18.4 Å². The molecule has 0 saturated carbocycles. The summed E-state index contributed by atoms with van der Waals surface area (Å²) in [4.78, 5) is 2.00. The number of ether oxygens (including phenoxy) is 1. The van der Waals surface area contributed by atoms with Gasteiger partial charge in [0.05, 0.1) is 30.6 Å². The van der Waals surface area contributed by atoms with E-state index in [1.807, 2.05) is 4.90 Å². The lowest BCUT2D eigenvalue weighted by Gasteiger charge is -2.34. The van der Waals surface area contributed by atoms with E-state index in [-0.39, 0.29) is 24.1 Å². The molecule has 7 heteroatoms. The number of nitrogens with zero attached hydrogens (tertiary/aromatic N) is 2. The molecular formula is C14H20FN3O3. The molecule has 0 spiro atoms. The van der Waals surface area contributed by atoms with Crippen molar-refractivity contribution in [2.75, 3.05) is 31.2 Å². The number of aliphatic hydroxyl groups excluding tert-OH is 1. The normalized spacial score (nSPS) is 17.2. The summed E-state index contributed by atoms with van der Waals surface area (Å²) in [7, 11) is 0. The van der Waals surface area contributed by atoms with Gasteiger partial charge in [-0.25, -0.2) is 4.39 Å². The highest BCUT2D eigenvalue weighted by Crippen LogP contribution is 2.27. The molecule has 0 atom stereocenters. The fourth-order valence-corrected chi connectivity index (χ4v) is 2.56. The van der Waals surface area contributed by atoms with Gasteiger partial charge >= 0.3 is 0 Å². The van der Waals surface area contributed by atoms with Crippen molar-refractivity contribution in [2.45, 2.75) is 18.9 Å². The summed E-state index contributed by atoms with van der Waals surface area (Å²) < 4.78 is 19.4. The summed E-state index contributed by atoms with van der Waals surface area (Å²) >= 11 is 0. The zero-order chi connectivity index (χ0) is 15.2. The number of anilines is 1. The van der Waals surface area contributed by atoms with Crippen molar-refractivity contribution in [2.24, 2.45) is 10.9 Å². The molecule has 1 fully saturated rings. The monoisotopic (exact) mass is 297 g/mol. The number of piperidine rings is 1. The van der Waals surface area contributed by atoms with Crippen LogP contribution in [0, 0.1) is 5.82 Å². The molecule has 116 valence electrons. The van der Waals surface area contributed by atoms with Gasteiger partial charge in [0.15, 0.2) is 5.84 Å². The van der Waals surface area contributed by atoms with E-state index in [2.05, 4.69) is 5.16 Å². The molecule has 2 rings (SSSR count). The van der Waals surface area contributed by atoms with Gasteiger partial charge in [0.2, 0.25) is 0 Å². The number of halogens is 1. The quantitative estimate of drug-likeness (QED) is 0.325. The predicted octanol–water partition coefficient (Wildman–Crippen LogP) is 0.898. The van der Waals surface area contributed by atoms with E-state index in [1.165, 1.54) is 6.07 Å². The minimum absolute atomic E-state index is 0.0117. The smallest absolute Gasteiger partial charge is 0.175 e. The first kappa shape index (κ1) is 15.5. The molecule has 0 bridgehead atoms. The average molecular weight is 297 g/mol. The number of nitrogens with two attached hydrogens (primary N) is 1. The third kappa shape index (κ3) is 3.62. The van der Waals surface area contributed by atoms with Crippen molar-refractivity contribution in [3.63, 3.8) is 0 Å². The summed E-state index contributed by atoms with van der Waals surface area (Å²) in [5.41, 5.74) is 6.31. The number of oxime groups is 1. The Morgan fingerprint density at radius 1 is 1.43 bits per heavy atom. The molecule has 0 aliphatic carbocycles. The number of hydrogen-bond acceptors (Lipinski definition) is 5. The largest absolute Gasteiger partial charge is 0.409 e. The molecule has 1 aliphatic rings. The summed E-state index contributed by atoms with van der Waals surface area (Å²) in [5.74, 6) is -0.747. The first-order chi connectivity index (χ1) is 10.2. The highest BCUT2D eigenvalue weighted by molar-refractivity contribution is 6.02. The van der Waals surface area contributed by atoms with Crippen LogP contribution in [0.3, 0.4) is 0 Å². The number of aliphatic hydroxyl groups is 1. The Labute approximate surface area is 122 Å². The van der Waals surface area contributed by atoms with Crippen LogP contribution in [0.5, 0.6) is 0 Å². The van der Waals surface area contributed by atoms with E-state index < -0.39 is 5.82 Å². The first-order valence-electron chi connectivity index (χ1n) is 6.91. The van der Waals surface area contributed by atoms with Crippen LogP contribution in [0.2, 0.25) is 0 Å². The Balaban J connectivity index is 2.12. The van der Waals surface area contributed by atoms with E-state index >= 15 is 0 Å². The minimum Gasteiger partial charge on any atom is -0.409 e. The van der Waals surface area contributed by atoms with E-state index in [0.29, 0.717) is 25.4 Å². The lowest BCUT2D eigenvalue weighted by molar-refractivity contribution is 0.0159. The predicted molar refractivity (Wildman–Crippen MR) is 77.2 cm³/mol. The van der Waals surface area contributed by atoms with Crippen LogP contribution in [0.15, 0.2) is 23.4 Å². The highest BCUT2D eigenvalue weighted by Gasteiger charge is 2.23. The second-order valence-electron chi connectivity index (χ2n) is 4.90. The van der Waals surface area contributed by atoms with Crippen molar-refractivity contribution in [1.82, 2.24) is 0 Å². The fourth-order valence-electron chi connectivity index (χ4n) is 2.56. The Bertz CT molecular complexity index is 502. The maximum atomic E-state index is 13.9. The van der Waals surface area contributed by atoms with E-state index in [0.717, 1.165) is 12.8 Å². The van der Waals surface area contributed by atoms with Gasteiger partial charge in [-0.1, -0.05) is 11.2 Å². The molecule has 6 nitrogen and oxygen atoms in total.